The summed E-state index contributed by atoms with van der Waals surface area (Å²) in [6, 6.07) is 11.1. The van der Waals surface area contributed by atoms with Gasteiger partial charge in [-0.15, -0.1) is 11.6 Å². The van der Waals surface area contributed by atoms with Gasteiger partial charge < -0.3 is 0 Å². The molecular weight excluding hydrogens is 359 g/mol. The van der Waals surface area contributed by atoms with Crippen molar-refractivity contribution in [2.24, 2.45) is 0 Å². The van der Waals surface area contributed by atoms with Crippen LogP contribution in [-0.4, -0.2) is 27.3 Å². The topological polar surface area (TPSA) is 57.7 Å². The smallest absolute Gasteiger partial charge is 0.266 e. The molecule has 0 saturated carbocycles. The SMILES string of the molecule is CN1c2ccccc2N(C(=O)CCl)c2ccc(Cl)cc2S1(=O)=O. The molecule has 0 radical (unpaired) electrons. The van der Waals surface area contributed by atoms with Crippen molar-refractivity contribution in [3.63, 3.8) is 0 Å². The second-order valence-corrected chi connectivity index (χ2v) is 7.58. The second-order valence-electron chi connectivity index (χ2n) is 4.94. The van der Waals surface area contributed by atoms with Crippen LogP contribution in [0.4, 0.5) is 17.1 Å². The highest BCUT2D eigenvalue weighted by atomic mass is 35.5. The third-order valence-electron chi connectivity index (χ3n) is 3.63. The van der Waals surface area contributed by atoms with Crippen molar-refractivity contribution in [1.29, 1.82) is 0 Å². The summed E-state index contributed by atoms with van der Waals surface area (Å²) in [5, 5.41) is 0.268. The first-order valence-electron chi connectivity index (χ1n) is 6.64. The van der Waals surface area contributed by atoms with Crippen molar-refractivity contribution in [3.05, 3.63) is 47.5 Å². The Balaban J connectivity index is 2.44. The first-order valence-corrected chi connectivity index (χ1v) is 8.99. The molecular formula is C15H12Cl2N2O3S. The first kappa shape index (κ1) is 16.1. The van der Waals surface area contributed by atoms with Gasteiger partial charge in [-0.3, -0.25) is 14.0 Å². The average Bonchev–Trinajstić information content (AvgIpc) is 2.61. The molecule has 1 aliphatic heterocycles. The van der Waals surface area contributed by atoms with E-state index in [-0.39, 0.29) is 21.5 Å². The van der Waals surface area contributed by atoms with Crippen LogP contribution in [0.1, 0.15) is 0 Å². The maximum Gasteiger partial charge on any atom is 0.266 e. The lowest BCUT2D eigenvalue weighted by Gasteiger charge is -2.23. The molecule has 0 N–H and O–H groups in total. The van der Waals surface area contributed by atoms with E-state index in [0.29, 0.717) is 11.4 Å². The lowest BCUT2D eigenvalue weighted by molar-refractivity contribution is -0.115. The third-order valence-corrected chi connectivity index (χ3v) is 5.89. The summed E-state index contributed by atoms with van der Waals surface area (Å²) in [6.07, 6.45) is 0. The molecule has 2 aromatic carbocycles. The number of fused-ring (bicyclic) bond motifs is 2. The Hall–Kier alpha value is -1.76. The van der Waals surface area contributed by atoms with Crippen LogP contribution in [0.25, 0.3) is 0 Å². The Labute approximate surface area is 144 Å². The predicted octanol–water partition coefficient (Wildman–Crippen LogP) is 3.38. The largest absolute Gasteiger partial charge is 0.276 e. The van der Waals surface area contributed by atoms with Gasteiger partial charge in [-0.05, 0) is 30.3 Å². The number of amides is 1. The maximum absolute atomic E-state index is 12.9. The molecule has 5 nitrogen and oxygen atoms in total. The summed E-state index contributed by atoms with van der Waals surface area (Å²) in [7, 11) is -2.42. The molecule has 8 heteroatoms. The number of sulfonamides is 1. The van der Waals surface area contributed by atoms with Crippen LogP contribution in [0.15, 0.2) is 47.4 Å². The van der Waals surface area contributed by atoms with Gasteiger partial charge in [0.15, 0.2) is 0 Å². The molecule has 0 unspecified atom stereocenters. The van der Waals surface area contributed by atoms with Gasteiger partial charge in [0.05, 0.1) is 17.1 Å². The number of carbonyl (C=O) groups is 1. The van der Waals surface area contributed by atoms with E-state index in [0.717, 1.165) is 4.31 Å². The number of hydrogen-bond donors (Lipinski definition) is 0. The Morgan fingerprint density at radius 2 is 1.74 bits per heavy atom. The molecule has 120 valence electrons. The second kappa shape index (κ2) is 5.70. The molecule has 0 atom stereocenters. The number of rotatable bonds is 1. The van der Waals surface area contributed by atoms with Crippen LogP contribution < -0.4 is 9.21 Å². The molecule has 23 heavy (non-hydrogen) atoms. The van der Waals surface area contributed by atoms with Crippen LogP contribution in [0, 0.1) is 0 Å². The zero-order chi connectivity index (χ0) is 16.8. The van der Waals surface area contributed by atoms with Gasteiger partial charge in [0.25, 0.3) is 10.0 Å². The van der Waals surface area contributed by atoms with Gasteiger partial charge in [0.1, 0.15) is 10.8 Å². The van der Waals surface area contributed by atoms with E-state index in [1.807, 2.05) is 0 Å². The van der Waals surface area contributed by atoms with Crippen molar-refractivity contribution >= 4 is 56.2 Å². The zero-order valence-corrected chi connectivity index (χ0v) is 14.4. The fourth-order valence-electron chi connectivity index (χ4n) is 2.53. The molecule has 1 heterocycles. The highest BCUT2D eigenvalue weighted by Gasteiger charge is 2.35. The van der Waals surface area contributed by atoms with Crippen molar-refractivity contribution in [2.45, 2.75) is 4.90 Å². The van der Waals surface area contributed by atoms with Crippen molar-refractivity contribution in [1.82, 2.24) is 0 Å². The zero-order valence-electron chi connectivity index (χ0n) is 12.0. The Morgan fingerprint density at radius 1 is 1.09 bits per heavy atom. The summed E-state index contributed by atoms with van der Waals surface area (Å²) < 4.78 is 26.9. The summed E-state index contributed by atoms with van der Waals surface area (Å²) in [5.41, 5.74) is 1.07. The van der Waals surface area contributed by atoms with Gasteiger partial charge >= 0.3 is 0 Å². The van der Waals surface area contributed by atoms with E-state index in [2.05, 4.69) is 0 Å². The predicted molar refractivity (Wildman–Crippen MR) is 91.3 cm³/mol. The first-order chi connectivity index (χ1) is 10.9. The number of halogens is 2. The molecule has 3 rings (SSSR count). The number of benzene rings is 2. The highest BCUT2D eigenvalue weighted by Crippen LogP contribution is 2.44. The normalized spacial score (nSPS) is 15.6. The fourth-order valence-corrected chi connectivity index (χ4v) is 4.30. The minimum absolute atomic E-state index is 0.0397. The molecule has 0 aromatic heterocycles. The Morgan fingerprint density at radius 3 is 2.39 bits per heavy atom. The molecule has 0 saturated heterocycles. The van der Waals surface area contributed by atoms with Crippen molar-refractivity contribution < 1.29 is 13.2 Å². The van der Waals surface area contributed by atoms with Crippen molar-refractivity contribution in [3.8, 4) is 0 Å². The van der Waals surface area contributed by atoms with Crippen LogP contribution >= 0.6 is 23.2 Å². The minimum Gasteiger partial charge on any atom is -0.276 e. The monoisotopic (exact) mass is 370 g/mol. The number of para-hydroxylation sites is 2. The molecule has 1 amide bonds. The van der Waals surface area contributed by atoms with E-state index in [1.165, 1.54) is 24.1 Å². The van der Waals surface area contributed by atoms with Gasteiger partial charge in [0, 0.05) is 12.1 Å². The van der Waals surface area contributed by atoms with Crippen LogP contribution in [0.3, 0.4) is 0 Å². The molecule has 1 aliphatic rings. The maximum atomic E-state index is 12.9. The number of nitrogens with zero attached hydrogens (tertiary/aromatic N) is 2. The van der Waals surface area contributed by atoms with Gasteiger partial charge in [-0.1, -0.05) is 23.7 Å². The van der Waals surface area contributed by atoms with E-state index < -0.39 is 15.9 Å². The van der Waals surface area contributed by atoms with Gasteiger partial charge in [-0.25, -0.2) is 8.42 Å². The molecule has 0 fully saturated rings. The van der Waals surface area contributed by atoms with E-state index >= 15 is 0 Å². The molecule has 2 aromatic rings. The summed E-state index contributed by atoms with van der Waals surface area (Å²) in [6.45, 7) is 0. The van der Waals surface area contributed by atoms with Gasteiger partial charge in [0.2, 0.25) is 5.91 Å². The lowest BCUT2D eigenvalue weighted by atomic mass is 10.2. The highest BCUT2D eigenvalue weighted by molar-refractivity contribution is 7.93. The van der Waals surface area contributed by atoms with Gasteiger partial charge in [-0.2, -0.15) is 0 Å². The van der Waals surface area contributed by atoms with E-state index in [9.17, 15) is 13.2 Å². The van der Waals surface area contributed by atoms with E-state index in [1.54, 1.807) is 30.3 Å². The summed E-state index contributed by atoms with van der Waals surface area (Å²) >= 11 is 11.7. The quantitative estimate of drug-likeness (QED) is 0.723. The van der Waals surface area contributed by atoms with Crippen LogP contribution in [0.5, 0.6) is 0 Å². The number of anilines is 3. The van der Waals surface area contributed by atoms with Crippen molar-refractivity contribution in [2.75, 3.05) is 22.1 Å². The van der Waals surface area contributed by atoms with Crippen LogP contribution in [0.2, 0.25) is 5.02 Å². The molecule has 0 aliphatic carbocycles. The number of carbonyl (C=O) groups excluding carboxylic acids is 1. The van der Waals surface area contributed by atoms with Crippen LogP contribution in [-0.2, 0) is 14.8 Å². The van der Waals surface area contributed by atoms with E-state index in [4.69, 9.17) is 23.2 Å². The standard InChI is InChI=1S/C15H12Cl2N2O3S/c1-18-11-4-2-3-5-12(11)19(15(20)9-16)13-7-6-10(17)8-14(13)23(18,21)22/h2-8H,9H2,1H3. The summed E-state index contributed by atoms with van der Waals surface area (Å²) in [4.78, 5) is 13.7. The minimum atomic E-state index is -3.86. The fraction of sp³-hybridized carbons (Fsp3) is 0.133. The number of alkyl halides is 1. The lowest BCUT2D eigenvalue weighted by Crippen LogP contribution is -2.27. The molecule has 0 spiro atoms. The average molecular weight is 371 g/mol. The summed E-state index contributed by atoms with van der Waals surface area (Å²) in [5.74, 6) is -0.701. The Bertz CT molecular complexity index is 899. The third kappa shape index (κ3) is 2.47. The Kier molecular flexibility index (Phi) is 4.00. The molecule has 0 bridgehead atoms. The number of hydrogen-bond acceptors (Lipinski definition) is 3.